The third-order valence-corrected chi connectivity index (χ3v) is 6.53. The lowest BCUT2D eigenvalue weighted by molar-refractivity contribution is 0.0506. The molecule has 0 unspecified atom stereocenters. The molecule has 9 nitrogen and oxygen atoms in total. The standard InChI is InChI=1S/C26H36F2N6O3/c1-15(2)22-23(29-9-7-8-19(27)28)30-13-18(32-22)24(35)34-11-10-33(14-26(34,5)6)20-12-16(3)21(25(36)37)17(4)31-20/h12-13,15,19H,7-11,14H2,1-6H3,(H,29,30)(H,36,37). The van der Waals surface area contributed by atoms with Gasteiger partial charge in [-0.3, -0.25) is 4.79 Å². The van der Waals surface area contributed by atoms with Gasteiger partial charge in [-0.05, 0) is 51.7 Å². The predicted octanol–water partition coefficient (Wildman–Crippen LogP) is 4.51. The number of carbonyl (C=O) groups is 2. The molecule has 2 aromatic rings. The van der Waals surface area contributed by atoms with Crippen LogP contribution in [0.15, 0.2) is 12.3 Å². The number of aromatic carboxylic acids is 1. The fourth-order valence-electron chi connectivity index (χ4n) is 4.67. The van der Waals surface area contributed by atoms with Crippen LogP contribution in [0.4, 0.5) is 20.4 Å². The number of nitrogens with one attached hydrogen (secondary N) is 1. The molecule has 3 rings (SSSR count). The van der Waals surface area contributed by atoms with Crippen molar-refractivity contribution in [3.63, 3.8) is 0 Å². The number of alkyl halides is 2. The lowest BCUT2D eigenvalue weighted by atomic mass is 9.97. The second-order valence-corrected chi connectivity index (χ2v) is 10.4. The monoisotopic (exact) mass is 518 g/mol. The number of halogens is 2. The Morgan fingerprint density at radius 1 is 1.19 bits per heavy atom. The van der Waals surface area contributed by atoms with E-state index in [1.54, 1.807) is 24.8 Å². The molecule has 1 fully saturated rings. The minimum Gasteiger partial charge on any atom is -0.478 e. The Morgan fingerprint density at radius 3 is 2.46 bits per heavy atom. The summed E-state index contributed by atoms with van der Waals surface area (Å²) in [4.78, 5) is 42.4. The Labute approximate surface area is 216 Å². The molecule has 3 heterocycles. The number of aromatic nitrogens is 3. The van der Waals surface area contributed by atoms with Crippen LogP contribution >= 0.6 is 0 Å². The van der Waals surface area contributed by atoms with Crippen molar-refractivity contribution in [2.45, 2.75) is 72.3 Å². The summed E-state index contributed by atoms with van der Waals surface area (Å²) in [6.07, 6.45) is -0.782. The topological polar surface area (TPSA) is 112 Å². The summed E-state index contributed by atoms with van der Waals surface area (Å²) in [5.41, 5.74) is 1.61. The zero-order valence-electron chi connectivity index (χ0n) is 22.3. The molecule has 1 saturated heterocycles. The van der Waals surface area contributed by atoms with Gasteiger partial charge in [0, 0.05) is 32.6 Å². The molecule has 1 aliphatic heterocycles. The Kier molecular flexibility index (Phi) is 8.65. The number of pyridine rings is 1. The summed E-state index contributed by atoms with van der Waals surface area (Å²) in [6.45, 7) is 13.1. The van der Waals surface area contributed by atoms with Gasteiger partial charge < -0.3 is 20.2 Å². The van der Waals surface area contributed by atoms with E-state index in [-0.39, 0.29) is 29.5 Å². The lowest BCUT2D eigenvalue weighted by Gasteiger charge is -2.47. The summed E-state index contributed by atoms with van der Waals surface area (Å²) in [5.74, 6) is -0.0595. The first-order valence-corrected chi connectivity index (χ1v) is 12.5. The summed E-state index contributed by atoms with van der Waals surface area (Å²) in [5, 5.41) is 12.5. The first-order chi connectivity index (χ1) is 17.3. The fourth-order valence-corrected chi connectivity index (χ4v) is 4.67. The molecule has 0 spiro atoms. The van der Waals surface area contributed by atoms with E-state index in [4.69, 9.17) is 0 Å². The van der Waals surface area contributed by atoms with E-state index in [0.29, 0.717) is 61.2 Å². The van der Waals surface area contributed by atoms with Crippen LogP contribution in [0.5, 0.6) is 0 Å². The maximum Gasteiger partial charge on any atom is 0.337 e. The smallest absolute Gasteiger partial charge is 0.337 e. The van der Waals surface area contributed by atoms with Crippen LogP contribution in [0.25, 0.3) is 0 Å². The molecule has 2 aromatic heterocycles. The van der Waals surface area contributed by atoms with E-state index in [9.17, 15) is 23.5 Å². The average Bonchev–Trinajstić information content (AvgIpc) is 2.79. The first kappa shape index (κ1) is 28.2. The minimum absolute atomic E-state index is 0.0194. The van der Waals surface area contributed by atoms with Crippen molar-refractivity contribution in [2.24, 2.45) is 0 Å². The second-order valence-electron chi connectivity index (χ2n) is 10.4. The number of hydrogen-bond donors (Lipinski definition) is 2. The van der Waals surface area contributed by atoms with Crippen molar-refractivity contribution in [2.75, 3.05) is 36.4 Å². The predicted molar refractivity (Wildman–Crippen MR) is 138 cm³/mol. The fraction of sp³-hybridized carbons (Fsp3) is 0.577. The molecule has 202 valence electrons. The number of amides is 1. The molecule has 1 amide bonds. The van der Waals surface area contributed by atoms with Gasteiger partial charge >= 0.3 is 5.97 Å². The van der Waals surface area contributed by atoms with E-state index in [1.165, 1.54) is 6.20 Å². The van der Waals surface area contributed by atoms with Crippen LogP contribution in [0.2, 0.25) is 0 Å². The number of carboxylic acids is 1. The molecule has 2 N–H and O–H groups in total. The quantitative estimate of drug-likeness (QED) is 0.467. The average molecular weight is 519 g/mol. The Hall–Kier alpha value is -3.37. The van der Waals surface area contributed by atoms with Crippen molar-refractivity contribution in [3.05, 3.63) is 40.5 Å². The van der Waals surface area contributed by atoms with Crippen molar-refractivity contribution in [1.82, 2.24) is 19.9 Å². The van der Waals surface area contributed by atoms with Crippen LogP contribution in [-0.4, -0.2) is 75.0 Å². The van der Waals surface area contributed by atoms with Crippen LogP contribution in [0.1, 0.15) is 84.3 Å². The van der Waals surface area contributed by atoms with E-state index in [1.807, 2.05) is 27.7 Å². The third kappa shape index (κ3) is 6.50. The number of carboxylic acid groups (broad SMARTS) is 1. The second kappa shape index (κ2) is 11.4. The molecule has 1 aliphatic rings. The highest BCUT2D eigenvalue weighted by molar-refractivity contribution is 5.93. The number of aryl methyl sites for hydroxylation is 2. The van der Waals surface area contributed by atoms with E-state index >= 15 is 0 Å². The number of carbonyl (C=O) groups excluding carboxylic acids is 1. The van der Waals surface area contributed by atoms with Gasteiger partial charge in [-0.15, -0.1) is 0 Å². The van der Waals surface area contributed by atoms with Crippen LogP contribution in [0, 0.1) is 13.8 Å². The number of rotatable bonds is 9. The first-order valence-electron chi connectivity index (χ1n) is 12.5. The highest BCUT2D eigenvalue weighted by Crippen LogP contribution is 2.29. The van der Waals surface area contributed by atoms with Crippen molar-refractivity contribution < 1.29 is 23.5 Å². The minimum atomic E-state index is -2.34. The van der Waals surface area contributed by atoms with Crippen molar-refractivity contribution in [3.8, 4) is 0 Å². The Bertz CT molecular complexity index is 1130. The van der Waals surface area contributed by atoms with Gasteiger partial charge in [0.2, 0.25) is 6.43 Å². The molecule has 0 aliphatic carbocycles. The molecule has 0 saturated carbocycles. The molecule has 0 aromatic carbocycles. The normalized spacial score (nSPS) is 15.4. The zero-order chi connectivity index (χ0) is 27.5. The van der Waals surface area contributed by atoms with Crippen LogP contribution in [-0.2, 0) is 0 Å². The summed E-state index contributed by atoms with van der Waals surface area (Å²) in [6, 6.07) is 1.78. The number of nitrogens with zero attached hydrogens (tertiary/aromatic N) is 5. The number of piperazine rings is 1. The van der Waals surface area contributed by atoms with Gasteiger partial charge in [0.05, 0.1) is 28.7 Å². The Balaban J connectivity index is 1.77. The number of anilines is 2. The van der Waals surface area contributed by atoms with Gasteiger partial charge in [-0.25, -0.2) is 28.5 Å². The zero-order valence-corrected chi connectivity index (χ0v) is 22.3. The van der Waals surface area contributed by atoms with Gasteiger partial charge in [0.1, 0.15) is 17.3 Å². The summed E-state index contributed by atoms with van der Waals surface area (Å²) < 4.78 is 24.8. The highest BCUT2D eigenvalue weighted by atomic mass is 19.3. The summed E-state index contributed by atoms with van der Waals surface area (Å²) in [7, 11) is 0. The van der Waals surface area contributed by atoms with E-state index < -0.39 is 17.9 Å². The highest BCUT2D eigenvalue weighted by Gasteiger charge is 2.38. The molecular weight excluding hydrogens is 482 g/mol. The summed E-state index contributed by atoms with van der Waals surface area (Å²) >= 11 is 0. The third-order valence-electron chi connectivity index (χ3n) is 6.53. The van der Waals surface area contributed by atoms with Crippen molar-refractivity contribution in [1.29, 1.82) is 0 Å². The van der Waals surface area contributed by atoms with Crippen LogP contribution < -0.4 is 10.2 Å². The van der Waals surface area contributed by atoms with E-state index in [0.717, 1.165) is 0 Å². The van der Waals surface area contributed by atoms with Gasteiger partial charge in [-0.2, -0.15) is 0 Å². The molecular formula is C26H36F2N6O3. The van der Waals surface area contributed by atoms with Gasteiger partial charge in [0.25, 0.3) is 5.91 Å². The lowest BCUT2D eigenvalue weighted by Crippen LogP contribution is -2.61. The Morgan fingerprint density at radius 2 is 1.89 bits per heavy atom. The number of hydrogen-bond acceptors (Lipinski definition) is 7. The van der Waals surface area contributed by atoms with Crippen molar-refractivity contribution >= 4 is 23.5 Å². The maximum absolute atomic E-state index is 13.5. The molecule has 37 heavy (non-hydrogen) atoms. The molecule has 0 bridgehead atoms. The largest absolute Gasteiger partial charge is 0.478 e. The van der Waals surface area contributed by atoms with E-state index in [2.05, 4.69) is 25.2 Å². The SMILES string of the molecule is Cc1cc(N2CCN(C(=O)c3cnc(NCCCC(F)F)c(C(C)C)n3)C(C)(C)C2)nc(C)c1C(=O)O. The molecule has 11 heteroatoms. The molecule has 0 atom stereocenters. The van der Waals surface area contributed by atoms with Crippen LogP contribution in [0.3, 0.4) is 0 Å². The molecule has 0 radical (unpaired) electrons. The van der Waals surface area contributed by atoms with Gasteiger partial charge in [-0.1, -0.05) is 13.8 Å². The maximum atomic E-state index is 13.5. The van der Waals surface area contributed by atoms with Gasteiger partial charge in [0.15, 0.2) is 0 Å².